The maximum atomic E-state index is 13.2. The van der Waals surface area contributed by atoms with Gasteiger partial charge in [0.1, 0.15) is 11.8 Å². The number of ether oxygens (including phenoxy) is 1. The van der Waals surface area contributed by atoms with E-state index in [1.807, 2.05) is 30.0 Å². The van der Waals surface area contributed by atoms with E-state index >= 15 is 0 Å². The Balaban J connectivity index is 1.60. The molecule has 2 fully saturated rings. The van der Waals surface area contributed by atoms with Crippen molar-refractivity contribution in [3.63, 3.8) is 0 Å². The van der Waals surface area contributed by atoms with Gasteiger partial charge in [-0.25, -0.2) is 0 Å². The van der Waals surface area contributed by atoms with Crippen molar-refractivity contribution in [3.05, 3.63) is 24.3 Å². The molecule has 0 bridgehead atoms. The summed E-state index contributed by atoms with van der Waals surface area (Å²) in [5.74, 6) is 2.39. The second-order valence-corrected chi connectivity index (χ2v) is 9.83. The zero-order valence-electron chi connectivity index (χ0n) is 18.0. The van der Waals surface area contributed by atoms with Crippen LogP contribution in [0.5, 0.6) is 5.75 Å². The van der Waals surface area contributed by atoms with E-state index in [-0.39, 0.29) is 23.3 Å². The van der Waals surface area contributed by atoms with Crippen molar-refractivity contribution < 1.29 is 14.3 Å². The minimum Gasteiger partial charge on any atom is -0.492 e. The molecule has 2 aliphatic heterocycles. The molecule has 0 spiro atoms. The first-order chi connectivity index (χ1) is 13.8. The summed E-state index contributed by atoms with van der Waals surface area (Å²) < 4.78 is 5.76. The molecule has 0 aliphatic carbocycles. The number of rotatable bonds is 5. The topological polar surface area (TPSA) is 53.1 Å². The first-order valence-corrected chi connectivity index (χ1v) is 11.6. The molecule has 2 heterocycles. The fourth-order valence-corrected chi connectivity index (χ4v) is 4.99. The second kappa shape index (κ2) is 9.28. The van der Waals surface area contributed by atoms with Gasteiger partial charge in [-0.05, 0) is 24.5 Å². The molecular weight excluding hydrogens is 386 g/mol. The fraction of sp³-hybridized carbons (Fsp3) is 0.636. The number of piperazine rings is 1. The van der Waals surface area contributed by atoms with Crippen LogP contribution in [0.1, 0.15) is 34.1 Å². The molecule has 2 saturated heterocycles. The monoisotopic (exact) mass is 419 g/mol. The smallest absolute Gasteiger partial charge is 0.246 e. The summed E-state index contributed by atoms with van der Waals surface area (Å²) in [5.41, 5.74) is 1.01. The molecule has 2 amide bonds. The predicted molar refractivity (Wildman–Crippen MR) is 118 cm³/mol. The number of hydrogen-bond acceptors (Lipinski definition) is 5. The Morgan fingerprint density at radius 2 is 1.83 bits per heavy atom. The number of nitrogens with zero attached hydrogens (tertiary/aromatic N) is 3. The van der Waals surface area contributed by atoms with Crippen LogP contribution >= 0.6 is 11.8 Å². The SMILES string of the molecule is CCOc1ccccc1N1CCN(C(=O)C2CSCN2C(=O)CC(C)(C)C)CC1. The largest absolute Gasteiger partial charge is 0.492 e. The molecule has 0 radical (unpaired) electrons. The lowest BCUT2D eigenvalue weighted by molar-refractivity contribution is -0.144. The molecule has 2 aliphatic rings. The van der Waals surface area contributed by atoms with E-state index in [2.05, 4.69) is 31.7 Å². The molecule has 29 heavy (non-hydrogen) atoms. The Morgan fingerprint density at radius 3 is 2.48 bits per heavy atom. The minimum atomic E-state index is -0.322. The van der Waals surface area contributed by atoms with E-state index in [0.29, 0.717) is 37.7 Å². The van der Waals surface area contributed by atoms with Crippen LogP contribution < -0.4 is 9.64 Å². The molecule has 7 heteroatoms. The molecule has 1 aromatic carbocycles. The van der Waals surface area contributed by atoms with Crippen LogP contribution in [0.2, 0.25) is 0 Å². The van der Waals surface area contributed by atoms with Gasteiger partial charge in [0.05, 0.1) is 18.2 Å². The van der Waals surface area contributed by atoms with Crippen LogP contribution in [-0.2, 0) is 9.59 Å². The Kier molecular flexibility index (Phi) is 6.98. The van der Waals surface area contributed by atoms with Gasteiger partial charge in [-0.2, -0.15) is 0 Å². The third-order valence-electron chi connectivity index (χ3n) is 5.27. The van der Waals surface area contributed by atoms with E-state index in [4.69, 9.17) is 4.74 Å². The van der Waals surface area contributed by atoms with E-state index < -0.39 is 0 Å². The van der Waals surface area contributed by atoms with Crippen molar-refractivity contribution in [3.8, 4) is 5.75 Å². The maximum Gasteiger partial charge on any atom is 0.246 e. The number of carbonyl (C=O) groups is 2. The van der Waals surface area contributed by atoms with Crippen LogP contribution in [0.25, 0.3) is 0 Å². The Hall–Kier alpha value is -1.89. The fourth-order valence-electron chi connectivity index (χ4n) is 3.82. The van der Waals surface area contributed by atoms with Crippen LogP contribution in [0.4, 0.5) is 5.69 Å². The van der Waals surface area contributed by atoms with Gasteiger partial charge in [-0.3, -0.25) is 9.59 Å². The Labute approximate surface area is 178 Å². The molecule has 1 atom stereocenters. The number of anilines is 1. The van der Waals surface area contributed by atoms with Gasteiger partial charge in [0.2, 0.25) is 11.8 Å². The molecule has 0 aromatic heterocycles. The van der Waals surface area contributed by atoms with Crippen molar-refractivity contribution in [2.45, 2.75) is 40.2 Å². The third kappa shape index (κ3) is 5.38. The number of para-hydroxylation sites is 2. The average Bonchev–Trinajstić information content (AvgIpc) is 3.17. The van der Waals surface area contributed by atoms with E-state index in [0.717, 1.165) is 24.5 Å². The number of hydrogen-bond donors (Lipinski definition) is 0. The third-order valence-corrected chi connectivity index (χ3v) is 6.28. The molecular formula is C22H33N3O3S. The average molecular weight is 420 g/mol. The quantitative estimate of drug-likeness (QED) is 0.734. The first-order valence-electron chi connectivity index (χ1n) is 10.4. The van der Waals surface area contributed by atoms with Gasteiger partial charge < -0.3 is 19.4 Å². The van der Waals surface area contributed by atoms with Crippen molar-refractivity contribution in [1.29, 1.82) is 0 Å². The van der Waals surface area contributed by atoms with Crippen LogP contribution in [-0.4, -0.2) is 72.1 Å². The summed E-state index contributed by atoms with van der Waals surface area (Å²) in [5, 5.41) is 0. The summed E-state index contributed by atoms with van der Waals surface area (Å²) in [6.45, 7) is 11.7. The summed E-state index contributed by atoms with van der Waals surface area (Å²) in [6.07, 6.45) is 0.472. The molecule has 0 N–H and O–H groups in total. The second-order valence-electron chi connectivity index (χ2n) is 8.83. The number of carbonyl (C=O) groups excluding carboxylic acids is 2. The highest BCUT2D eigenvalue weighted by molar-refractivity contribution is 7.99. The molecule has 6 nitrogen and oxygen atoms in total. The van der Waals surface area contributed by atoms with Gasteiger partial charge in [-0.1, -0.05) is 32.9 Å². The lowest BCUT2D eigenvalue weighted by atomic mass is 9.91. The Bertz CT molecular complexity index is 726. The molecule has 0 saturated carbocycles. The number of thioether (sulfide) groups is 1. The lowest BCUT2D eigenvalue weighted by Crippen LogP contribution is -2.55. The van der Waals surface area contributed by atoms with E-state index in [1.165, 1.54) is 0 Å². The molecule has 160 valence electrons. The molecule has 3 rings (SSSR count). The van der Waals surface area contributed by atoms with E-state index in [1.54, 1.807) is 16.7 Å². The highest BCUT2D eigenvalue weighted by atomic mass is 32.2. The van der Waals surface area contributed by atoms with Crippen molar-refractivity contribution in [2.75, 3.05) is 49.3 Å². The standard InChI is InChI=1S/C22H33N3O3S/c1-5-28-19-9-7-6-8-17(19)23-10-12-24(13-11-23)21(27)18-15-29-16-25(18)20(26)14-22(2,3)4/h6-9,18H,5,10-16H2,1-4H3. The van der Waals surface area contributed by atoms with Gasteiger partial charge in [-0.15, -0.1) is 11.8 Å². The van der Waals surface area contributed by atoms with Crippen molar-refractivity contribution in [2.24, 2.45) is 5.41 Å². The Morgan fingerprint density at radius 1 is 1.14 bits per heavy atom. The van der Waals surface area contributed by atoms with Crippen molar-refractivity contribution in [1.82, 2.24) is 9.80 Å². The van der Waals surface area contributed by atoms with Crippen LogP contribution in [0.3, 0.4) is 0 Å². The summed E-state index contributed by atoms with van der Waals surface area (Å²) >= 11 is 1.67. The number of benzene rings is 1. The maximum absolute atomic E-state index is 13.2. The zero-order valence-corrected chi connectivity index (χ0v) is 18.8. The number of amides is 2. The minimum absolute atomic E-state index is 0.0719. The predicted octanol–water partition coefficient (Wildman–Crippen LogP) is 3.07. The summed E-state index contributed by atoms with van der Waals surface area (Å²) in [6, 6.07) is 7.74. The normalized spacial score (nSPS) is 20.1. The molecule has 1 unspecified atom stereocenters. The van der Waals surface area contributed by atoms with E-state index in [9.17, 15) is 9.59 Å². The molecule has 1 aromatic rings. The van der Waals surface area contributed by atoms with Crippen LogP contribution in [0, 0.1) is 5.41 Å². The summed E-state index contributed by atoms with van der Waals surface area (Å²) in [4.78, 5) is 31.9. The summed E-state index contributed by atoms with van der Waals surface area (Å²) in [7, 11) is 0. The zero-order chi connectivity index (χ0) is 21.0. The lowest BCUT2D eigenvalue weighted by Gasteiger charge is -2.38. The van der Waals surface area contributed by atoms with Gasteiger partial charge in [0.15, 0.2) is 0 Å². The van der Waals surface area contributed by atoms with Gasteiger partial charge >= 0.3 is 0 Å². The van der Waals surface area contributed by atoms with Crippen molar-refractivity contribution >= 4 is 29.3 Å². The highest BCUT2D eigenvalue weighted by Crippen LogP contribution is 2.30. The first kappa shape index (κ1) is 21.8. The van der Waals surface area contributed by atoms with Gasteiger partial charge in [0.25, 0.3) is 0 Å². The van der Waals surface area contributed by atoms with Crippen LogP contribution in [0.15, 0.2) is 24.3 Å². The van der Waals surface area contributed by atoms with Gasteiger partial charge in [0, 0.05) is 38.4 Å². The highest BCUT2D eigenvalue weighted by Gasteiger charge is 2.38.